The number of anilines is 1. The summed E-state index contributed by atoms with van der Waals surface area (Å²) in [7, 11) is 0. The van der Waals surface area contributed by atoms with E-state index in [2.05, 4.69) is 17.4 Å². The molecule has 6 heteroatoms. The van der Waals surface area contributed by atoms with Crippen LogP contribution in [-0.4, -0.2) is 29.0 Å². The van der Waals surface area contributed by atoms with Gasteiger partial charge in [0.1, 0.15) is 5.37 Å². The van der Waals surface area contributed by atoms with E-state index in [0.29, 0.717) is 28.6 Å². The van der Waals surface area contributed by atoms with Gasteiger partial charge in [0.05, 0.1) is 5.75 Å². The van der Waals surface area contributed by atoms with Gasteiger partial charge >= 0.3 is 0 Å². The predicted octanol–water partition coefficient (Wildman–Crippen LogP) is 5.41. The number of amides is 2. The fraction of sp³-hybridized carbons (Fsp3) is 0.167. The average molecular weight is 437 g/mol. The molecule has 0 unspecified atom stereocenters. The lowest BCUT2D eigenvalue weighted by atomic mass is 10.1. The maximum absolute atomic E-state index is 12.5. The lowest BCUT2D eigenvalue weighted by Gasteiger charge is -2.24. The van der Waals surface area contributed by atoms with Crippen LogP contribution in [0.25, 0.3) is 0 Å². The van der Waals surface area contributed by atoms with E-state index in [4.69, 9.17) is 11.6 Å². The van der Waals surface area contributed by atoms with Crippen LogP contribution in [0, 0.1) is 0 Å². The highest BCUT2D eigenvalue weighted by Crippen LogP contribution is 2.38. The van der Waals surface area contributed by atoms with Gasteiger partial charge in [-0.1, -0.05) is 54.1 Å². The number of carbonyl (C=O) groups is 2. The Morgan fingerprint density at radius 2 is 1.70 bits per heavy atom. The summed E-state index contributed by atoms with van der Waals surface area (Å²) >= 11 is 7.51. The smallest absolute Gasteiger partial charge is 0.255 e. The van der Waals surface area contributed by atoms with Crippen LogP contribution < -0.4 is 5.32 Å². The lowest BCUT2D eigenvalue weighted by Crippen LogP contribution is -2.30. The molecule has 4 nitrogen and oxygen atoms in total. The molecule has 1 heterocycles. The van der Waals surface area contributed by atoms with Crippen LogP contribution in [0.15, 0.2) is 78.9 Å². The van der Waals surface area contributed by atoms with Gasteiger partial charge in [-0.3, -0.25) is 9.59 Å². The summed E-state index contributed by atoms with van der Waals surface area (Å²) in [4.78, 5) is 26.8. The first-order chi connectivity index (χ1) is 14.6. The topological polar surface area (TPSA) is 49.4 Å². The van der Waals surface area contributed by atoms with Crippen LogP contribution in [0.1, 0.15) is 26.9 Å². The summed E-state index contributed by atoms with van der Waals surface area (Å²) in [6.45, 7) is 0.680. The van der Waals surface area contributed by atoms with Crippen molar-refractivity contribution in [2.24, 2.45) is 0 Å². The molecule has 1 fully saturated rings. The molecule has 0 bridgehead atoms. The fourth-order valence-electron chi connectivity index (χ4n) is 3.40. The molecule has 1 saturated heterocycles. The molecule has 0 spiro atoms. The first-order valence-corrected chi connectivity index (χ1v) is 11.1. The van der Waals surface area contributed by atoms with Crippen LogP contribution in [0.3, 0.4) is 0 Å². The number of benzene rings is 3. The molecule has 0 aliphatic carbocycles. The summed E-state index contributed by atoms with van der Waals surface area (Å²) in [5.41, 5.74) is 3.51. The number of carbonyl (C=O) groups excluding carboxylic acids is 2. The van der Waals surface area contributed by atoms with Crippen molar-refractivity contribution in [1.29, 1.82) is 0 Å². The third-order valence-corrected chi connectivity index (χ3v) is 6.52. The van der Waals surface area contributed by atoms with Crippen LogP contribution >= 0.6 is 23.4 Å². The Bertz CT molecular complexity index is 1020. The molecule has 2 amide bonds. The monoisotopic (exact) mass is 436 g/mol. The third kappa shape index (κ3) is 4.86. The number of rotatable bonds is 6. The Kier molecular flexibility index (Phi) is 6.41. The highest BCUT2D eigenvalue weighted by molar-refractivity contribution is 8.00. The Morgan fingerprint density at radius 3 is 2.40 bits per heavy atom. The standard InChI is InChI=1S/C24H21ClN2O2S/c25-20-10-12-21(13-11-20)26-23(29)18-6-8-19(9-7-18)24-27(22(28)16-30-24)15-14-17-4-2-1-3-5-17/h1-13,24H,14-16H2,(H,26,29)/t24-/m0/s1. The molecule has 1 N–H and O–H groups in total. The van der Waals surface area contributed by atoms with E-state index >= 15 is 0 Å². The maximum Gasteiger partial charge on any atom is 0.255 e. The molecule has 1 atom stereocenters. The minimum Gasteiger partial charge on any atom is -0.326 e. The maximum atomic E-state index is 12.5. The quantitative estimate of drug-likeness (QED) is 0.562. The molecule has 0 saturated carbocycles. The number of nitrogens with zero attached hydrogens (tertiary/aromatic N) is 1. The largest absolute Gasteiger partial charge is 0.326 e. The summed E-state index contributed by atoms with van der Waals surface area (Å²) in [5, 5.41) is 3.47. The Hall–Kier alpha value is -2.76. The first-order valence-electron chi connectivity index (χ1n) is 9.72. The Labute approximate surface area is 185 Å². The Balaban J connectivity index is 1.42. The van der Waals surface area contributed by atoms with Crippen molar-refractivity contribution >= 4 is 40.9 Å². The van der Waals surface area contributed by atoms with Crippen LogP contribution in [0.5, 0.6) is 0 Å². The van der Waals surface area contributed by atoms with Gasteiger partial charge in [-0.05, 0) is 53.9 Å². The number of nitrogens with one attached hydrogen (secondary N) is 1. The molecule has 30 heavy (non-hydrogen) atoms. The predicted molar refractivity (Wildman–Crippen MR) is 123 cm³/mol. The van der Waals surface area contributed by atoms with Gasteiger partial charge in [0.2, 0.25) is 5.91 Å². The molecule has 3 aromatic carbocycles. The Morgan fingerprint density at radius 1 is 1.00 bits per heavy atom. The molecule has 0 aromatic heterocycles. The second-order valence-electron chi connectivity index (χ2n) is 7.07. The van der Waals surface area contributed by atoms with E-state index < -0.39 is 0 Å². The number of hydrogen-bond donors (Lipinski definition) is 1. The van der Waals surface area contributed by atoms with Gasteiger partial charge in [-0.15, -0.1) is 11.8 Å². The van der Waals surface area contributed by atoms with Crippen molar-refractivity contribution in [3.05, 3.63) is 101 Å². The minimum atomic E-state index is -0.181. The molecular weight excluding hydrogens is 416 g/mol. The number of halogens is 1. The molecule has 0 radical (unpaired) electrons. The van der Waals surface area contributed by atoms with Crippen molar-refractivity contribution in [1.82, 2.24) is 4.90 Å². The van der Waals surface area contributed by atoms with Crippen LogP contribution in [-0.2, 0) is 11.2 Å². The van der Waals surface area contributed by atoms with Gasteiger partial charge in [-0.25, -0.2) is 0 Å². The molecule has 3 aromatic rings. The van der Waals surface area contributed by atoms with E-state index in [1.165, 1.54) is 5.56 Å². The summed E-state index contributed by atoms with van der Waals surface area (Å²) in [5.74, 6) is 0.462. The van der Waals surface area contributed by atoms with Crippen molar-refractivity contribution in [2.45, 2.75) is 11.8 Å². The molecule has 4 rings (SSSR count). The third-order valence-electron chi connectivity index (χ3n) is 5.01. The lowest BCUT2D eigenvalue weighted by molar-refractivity contribution is -0.128. The van der Waals surface area contributed by atoms with E-state index in [9.17, 15) is 9.59 Å². The zero-order chi connectivity index (χ0) is 20.9. The van der Waals surface area contributed by atoms with Crippen molar-refractivity contribution in [3.63, 3.8) is 0 Å². The molecular formula is C24H21ClN2O2S. The normalized spacial score (nSPS) is 16.0. The second-order valence-corrected chi connectivity index (χ2v) is 8.57. The van der Waals surface area contributed by atoms with Crippen LogP contribution in [0.4, 0.5) is 5.69 Å². The summed E-state index contributed by atoms with van der Waals surface area (Å²) in [6.07, 6.45) is 0.825. The minimum absolute atomic E-state index is 0.0189. The second kappa shape index (κ2) is 9.37. The van der Waals surface area contributed by atoms with Gasteiger partial charge in [0.15, 0.2) is 0 Å². The zero-order valence-corrected chi connectivity index (χ0v) is 17.8. The van der Waals surface area contributed by atoms with Crippen molar-refractivity contribution in [2.75, 3.05) is 17.6 Å². The van der Waals surface area contributed by atoms with Crippen molar-refractivity contribution in [3.8, 4) is 0 Å². The summed E-state index contributed by atoms with van der Waals surface area (Å²) < 4.78 is 0. The van der Waals surface area contributed by atoms with Crippen LogP contribution in [0.2, 0.25) is 5.02 Å². The number of thioether (sulfide) groups is 1. The fourth-order valence-corrected chi connectivity index (χ4v) is 4.75. The highest BCUT2D eigenvalue weighted by atomic mass is 35.5. The zero-order valence-electron chi connectivity index (χ0n) is 16.3. The van der Waals surface area contributed by atoms with Gasteiger partial charge in [0, 0.05) is 22.8 Å². The van der Waals surface area contributed by atoms with E-state index in [-0.39, 0.29) is 17.2 Å². The van der Waals surface area contributed by atoms with Gasteiger partial charge in [-0.2, -0.15) is 0 Å². The highest BCUT2D eigenvalue weighted by Gasteiger charge is 2.32. The molecule has 1 aliphatic rings. The number of hydrogen-bond acceptors (Lipinski definition) is 3. The van der Waals surface area contributed by atoms with E-state index in [1.807, 2.05) is 35.2 Å². The van der Waals surface area contributed by atoms with E-state index in [0.717, 1.165) is 12.0 Å². The SMILES string of the molecule is O=C(Nc1ccc(Cl)cc1)c1ccc([C@@H]2SCC(=O)N2CCc2ccccc2)cc1. The molecule has 152 valence electrons. The van der Waals surface area contributed by atoms with Gasteiger partial charge in [0.25, 0.3) is 5.91 Å². The first kappa shape index (κ1) is 20.5. The van der Waals surface area contributed by atoms with Gasteiger partial charge < -0.3 is 10.2 Å². The van der Waals surface area contributed by atoms with Crippen molar-refractivity contribution < 1.29 is 9.59 Å². The molecule has 1 aliphatic heterocycles. The van der Waals surface area contributed by atoms with E-state index in [1.54, 1.807) is 48.2 Å². The average Bonchev–Trinajstić information content (AvgIpc) is 3.15. The summed E-state index contributed by atoms with van der Waals surface area (Å²) in [6, 6.07) is 24.7.